The number of hydrogen-bond acceptors (Lipinski definition) is 3. The van der Waals surface area contributed by atoms with E-state index in [2.05, 4.69) is 37.0 Å². The first-order valence-electron chi connectivity index (χ1n) is 6.07. The molecule has 0 bridgehead atoms. The molecule has 1 aromatic carbocycles. The van der Waals surface area contributed by atoms with Crippen LogP contribution in [-0.4, -0.2) is 13.2 Å². The van der Waals surface area contributed by atoms with Gasteiger partial charge in [-0.15, -0.1) is 6.58 Å². The Balaban J connectivity index is 2.42. The normalized spacial score (nSPS) is 10.4. The van der Waals surface area contributed by atoms with Gasteiger partial charge in [-0.1, -0.05) is 37.6 Å². The molecule has 0 amide bonds. The Kier molecular flexibility index (Phi) is 7.80. The maximum Gasteiger partial charge on any atom is 0.0797 e. The smallest absolute Gasteiger partial charge is 0.0797 e. The zero-order valence-electron chi connectivity index (χ0n) is 10.4. The van der Waals surface area contributed by atoms with E-state index in [1.54, 1.807) is 6.08 Å². The minimum Gasteiger partial charge on any atom is -0.313 e. The Bertz CT molecular complexity index is 328. The van der Waals surface area contributed by atoms with Crippen LogP contribution in [0.25, 0.3) is 0 Å². The van der Waals surface area contributed by atoms with Gasteiger partial charge >= 0.3 is 0 Å². The van der Waals surface area contributed by atoms with Crippen LogP contribution in [0.15, 0.2) is 41.8 Å². The van der Waals surface area contributed by atoms with Gasteiger partial charge in [-0.05, 0) is 24.6 Å². The fraction of sp³-hybridized carbons (Fsp3) is 0.429. The Labute approximate surface area is 109 Å². The molecule has 0 atom stereocenters. The molecule has 94 valence electrons. The van der Waals surface area contributed by atoms with Crippen molar-refractivity contribution < 1.29 is 4.18 Å². The van der Waals surface area contributed by atoms with Gasteiger partial charge in [0.25, 0.3) is 0 Å². The lowest BCUT2D eigenvalue weighted by atomic mass is 10.2. The van der Waals surface area contributed by atoms with E-state index in [0.29, 0.717) is 6.61 Å². The van der Waals surface area contributed by atoms with Crippen molar-refractivity contribution in [3.05, 3.63) is 42.5 Å². The van der Waals surface area contributed by atoms with Gasteiger partial charge in [0.15, 0.2) is 0 Å². The van der Waals surface area contributed by atoms with E-state index >= 15 is 0 Å². The van der Waals surface area contributed by atoms with Gasteiger partial charge in [-0.3, -0.25) is 0 Å². The van der Waals surface area contributed by atoms with Crippen LogP contribution in [-0.2, 0) is 10.7 Å². The SMILES string of the molecule is C=CCOSc1ccccc1CNCCCC. The monoisotopic (exact) mass is 251 g/mol. The highest BCUT2D eigenvalue weighted by molar-refractivity contribution is 7.94. The Hall–Kier alpha value is -0.770. The quantitative estimate of drug-likeness (QED) is 0.410. The first-order chi connectivity index (χ1) is 8.38. The molecule has 0 unspecified atom stereocenters. The Morgan fingerprint density at radius 2 is 2.24 bits per heavy atom. The van der Waals surface area contributed by atoms with Crippen LogP contribution in [0, 0.1) is 0 Å². The second-order valence-electron chi connectivity index (χ2n) is 3.79. The predicted molar refractivity (Wildman–Crippen MR) is 75.1 cm³/mol. The van der Waals surface area contributed by atoms with Crippen LogP contribution in [0.5, 0.6) is 0 Å². The highest BCUT2D eigenvalue weighted by Crippen LogP contribution is 2.23. The minimum atomic E-state index is 0.572. The minimum absolute atomic E-state index is 0.572. The van der Waals surface area contributed by atoms with E-state index in [1.165, 1.54) is 35.3 Å². The molecular formula is C14H21NOS. The van der Waals surface area contributed by atoms with Gasteiger partial charge < -0.3 is 9.50 Å². The first kappa shape index (κ1) is 14.3. The molecule has 1 aromatic rings. The van der Waals surface area contributed by atoms with Gasteiger partial charge in [0.2, 0.25) is 0 Å². The third-order valence-electron chi connectivity index (χ3n) is 2.33. The van der Waals surface area contributed by atoms with Gasteiger partial charge in [0.05, 0.1) is 6.61 Å². The van der Waals surface area contributed by atoms with Crippen LogP contribution in [0.4, 0.5) is 0 Å². The molecule has 0 radical (unpaired) electrons. The summed E-state index contributed by atoms with van der Waals surface area (Å²) < 4.78 is 5.41. The van der Waals surface area contributed by atoms with Crippen LogP contribution < -0.4 is 5.32 Å². The van der Waals surface area contributed by atoms with Crippen molar-refractivity contribution in [1.29, 1.82) is 0 Å². The van der Waals surface area contributed by atoms with Gasteiger partial charge in [0, 0.05) is 23.5 Å². The zero-order valence-corrected chi connectivity index (χ0v) is 11.3. The molecule has 0 saturated carbocycles. The summed E-state index contributed by atoms with van der Waals surface area (Å²) in [5, 5.41) is 3.44. The molecule has 17 heavy (non-hydrogen) atoms. The lowest BCUT2D eigenvalue weighted by Gasteiger charge is -2.09. The number of unbranched alkanes of at least 4 members (excludes halogenated alkanes) is 1. The highest BCUT2D eigenvalue weighted by Gasteiger charge is 2.02. The number of nitrogens with one attached hydrogen (secondary N) is 1. The molecule has 1 rings (SSSR count). The van der Waals surface area contributed by atoms with Crippen molar-refractivity contribution >= 4 is 12.0 Å². The van der Waals surface area contributed by atoms with Crippen molar-refractivity contribution in [3.63, 3.8) is 0 Å². The summed E-state index contributed by atoms with van der Waals surface area (Å²) in [7, 11) is 0. The zero-order chi connectivity index (χ0) is 12.3. The lowest BCUT2D eigenvalue weighted by Crippen LogP contribution is -2.14. The fourth-order valence-electron chi connectivity index (χ4n) is 1.40. The molecule has 0 fully saturated rings. The maximum atomic E-state index is 5.41. The maximum absolute atomic E-state index is 5.41. The van der Waals surface area contributed by atoms with Gasteiger partial charge in [-0.2, -0.15) is 0 Å². The predicted octanol–water partition coefficient (Wildman–Crippen LogP) is 3.79. The van der Waals surface area contributed by atoms with Crippen molar-refractivity contribution in [2.24, 2.45) is 0 Å². The molecule has 0 spiro atoms. The summed E-state index contributed by atoms with van der Waals surface area (Å²) in [5.74, 6) is 0. The summed E-state index contributed by atoms with van der Waals surface area (Å²) >= 11 is 1.42. The van der Waals surface area contributed by atoms with Gasteiger partial charge in [0.1, 0.15) is 0 Å². The van der Waals surface area contributed by atoms with E-state index in [4.69, 9.17) is 4.18 Å². The van der Waals surface area contributed by atoms with E-state index in [9.17, 15) is 0 Å². The van der Waals surface area contributed by atoms with Crippen LogP contribution in [0.3, 0.4) is 0 Å². The fourth-order valence-corrected chi connectivity index (χ4v) is 2.07. The van der Waals surface area contributed by atoms with E-state index in [0.717, 1.165) is 13.1 Å². The third-order valence-corrected chi connectivity index (χ3v) is 3.16. The Morgan fingerprint density at radius 3 is 3.00 bits per heavy atom. The molecule has 0 aromatic heterocycles. The summed E-state index contributed by atoms with van der Waals surface area (Å²) in [6.07, 6.45) is 4.21. The number of rotatable bonds is 9. The van der Waals surface area contributed by atoms with Crippen molar-refractivity contribution in [3.8, 4) is 0 Å². The second-order valence-corrected chi connectivity index (χ2v) is 4.64. The van der Waals surface area contributed by atoms with Crippen LogP contribution in [0.1, 0.15) is 25.3 Å². The molecule has 0 aliphatic rings. The molecule has 1 N–H and O–H groups in total. The highest BCUT2D eigenvalue weighted by atomic mass is 32.2. The summed E-state index contributed by atoms with van der Waals surface area (Å²) in [5.41, 5.74) is 1.29. The van der Waals surface area contributed by atoms with Crippen LogP contribution in [0.2, 0.25) is 0 Å². The standard InChI is InChI=1S/C14H21NOS/c1-3-5-10-15-12-13-8-6-7-9-14(13)17-16-11-4-2/h4,6-9,15H,2-3,5,10-12H2,1H3. The van der Waals surface area contributed by atoms with Crippen molar-refractivity contribution in [1.82, 2.24) is 5.32 Å². The molecule has 0 aliphatic heterocycles. The van der Waals surface area contributed by atoms with E-state index in [1.807, 2.05) is 6.07 Å². The van der Waals surface area contributed by atoms with E-state index in [-0.39, 0.29) is 0 Å². The molecule has 0 heterocycles. The average molecular weight is 251 g/mol. The van der Waals surface area contributed by atoms with Crippen molar-refractivity contribution in [2.45, 2.75) is 31.2 Å². The molecule has 2 nitrogen and oxygen atoms in total. The van der Waals surface area contributed by atoms with Gasteiger partial charge in [-0.25, -0.2) is 0 Å². The summed E-state index contributed by atoms with van der Waals surface area (Å²) in [6.45, 7) is 8.38. The Morgan fingerprint density at radius 1 is 1.41 bits per heavy atom. The largest absolute Gasteiger partial charge is 0.313 e. The van der Waals surface area contributed by atoms with Crippen molar-refractivity contribution in [2.75, 3.05) is 13.2 Å². The van der Waals surface area contributed by atoms with E-state index < -0.39 is 0 Å². The number of benzene rings is 1. The van der Waals surface area contributed by atoms with Crippen LogP contribution >= 0.6 is 12.0 Å². The third kappa shape index (κ3) is 5.91. The molecule has 0 saturated heterocycles. The average Bonchev–Trinajstić information content (AvgIpc) is 2.36. The summed E-state index contributed by atoms with van der Waals surface area (Å²) in [4.78, 5) is 1.18. The topological polar surface area (TPSA) is 21.3 Å². The molecular weight excluding hydrogens is 230 g/mol. The molecule has 0 aliphatic carbocycles. The lowest BCUT2D eigenvalue weighted by molar-refractivity contribution is 0.429. The molecule has 3 heteroatoms. The second kappa shape index (κ2) is 9.28. The first-order valence-corrected chi connectivity index (χ1v) is 6.81. The number of hydrogen-bond donors (Lipinski definition) is 1. The summed E-state index contributed by atoms with van der Waals surface area (Å²) in [6, 6.07) is 8.33.